The Kier molecular flexibility index (Phi) is 5.16. The number of amides is 2. The van der Waals surface area contributed by atoms with Crippen molar-refractivity contribution in [2.45, 2.75) is 13.8 Å². The predicted octanol–water partition coefficient (Wildman–Crippen LogP) is 3.30. The SMILES string of the molecule is Cc1ccc(OCCN(C)C(=O)Nc2ncc(C)s2)cc1. The van der Waals surface area contributed by atoms with Crippen LogP contribution in [0.4, 0.5) is 9.93 Å². The van der Waals surface area contributed by atoms with Crippen LogP contribution in [0.2, 0.25) is 0 Å². The Labute approximate surface area is 128 Å². The first-order valence-electron chi connectivity index (χ1n) is 6.68. The molecular formula is C15H19N3O2S. The van der Waals surface area contributed by atoms with E-state index in [0.29, 0.717) is 18.3 Å². The molecule has 1 N–H and O–H groups in total. The maximum absolute atomic E-state index is 11.9. The molecule has 2 amide bonds. The van der Waals surface area contributed by atoms with Gasteiger partial charge < -0.3 is 9.64 Å². The standard InChI is InChI=1S/C15H19N3O2S/c1-11-4-6-13(7-5-11)20-9-8-18(3)15(19)17-14-16-10-12(2)21-14/h4-7,10H,8-9H2,1-3H3,(H,16,17,19). The lowest BCUT2D eigenvalue weighted by atomic mass is 10.2. The summed E-state index contributed by atoms with van der Waals surface area (Å²) in [6, 6.07) is 7.66. The Morgan fingerprint density at radius 1 is 1.33 bits per heavy atom. The topological polar surface area (TPSA) is 54.5 Å². The molecule has 0 fully saturated rings. The van der Waals surface area contributed by atoms with Gasteiger partial charge in [0.15, 0.2) is 5.13 Å². The highest BCUT2D eigenvalue weighted by molar-refractivity contribution is 7.15. The lowest BCUT2D eigenvalue weighted by molar-refractivity contribution is 0.207. The van der Waals surface area contributed by atoms with Crippen LogP contribution in [0.15, 0.2) is 30.5 Å². The molecule has 0 atom stereocenters. The van der Waals surface area contributed by atoms with Crippen molar-refractivity contribution in [3.63, 3.8) is 0 Å². The molecule has 0 aliphatic heterocycles. The van der Waals surface area contributed by atoms with Crippen LogP contribution in [0.3, 0.4) is 0 Å². The second-order valence-electron chi connectivity index (χ2n) is 4.79. The van der Waals surface area contributed by atoms with Crippen LogP contribution in [0, 0.1) is 13.8 Å². The van der Waals surface area contributed by atoms with Crippen molar-refractivity contribution in [1.82, 2.24) is 9.88 Å². The zero-order chi connectivity index (χ0) is 15.2. The molecule has 0 saturated heterocycles. The first-order chi connectivity index (χ1) is 10.0. The van der Waals surface area contributed by atoms with Gasteiger partial charge in [0.1, 0.15) is 12.4 Å². The molecule has 21 heavy (non-hydrogen) atoms. The number of likely N-dealkylation sites (N-methyl/N-ethyl adjacent to an activating group) is 1. The Morgan fingerprint density at radius 2 is 2.05 bits per heavy atom. The largest absolute Gasteiger partial charge is 0.492 e. The van der Waals surface area contributed by atoms with E-state index < -0.39 is 0 Å². The van der Waals surface area contributed by atoms with Gasteiger partial charge in [-0.1, -0.05) is 17.7 Å². The van der Waals surface area contributed by atoms with Crippen LogP contribution in [-0.2, 0) is 0 Å². The van der Waals surface area contributed by atoms with E-state index in [1.165, 1.54) is 16.9 Å². The van der Waals surface area contributed by atoms with E-state index in [2.05, 4.69) is 10.3 Å². The molecule has 0 spiro atoms. The number of hydrogen-bond donors (Lipinski definition) is 1. The zero-order valence-electron chi connectivity index (χ0n) is 12.4. The number of ether oxygens (including phenoxy) is 1. The number of nitrogens with zero attached hydrogens (tertiary/aromatic N) is 2. The smallest absolute Gasteiger partial charge is 0.323 e. The van der Waals surface area contributed by atoms with Gasteiger partial charge in [-0.3, -0.25) is 5.32 Å². The molecule has 0 aliphatic carbocycles. The summed E-state index contributed by atoms with van der Waals surface area (Å²) in [7, 11) is 1.73. The summed E-state index contributed by atoms with van der Waals surface area (Å²) < 4.78 is 5.60. The molecule has 2 rings (SSSR count). The van der Waals surface area contributed by atoms with Gasteiger partial charge in [0.2, 0.25) is 0 Å². The highest BCUT2D eigenvalue weighted by Crippen LogP contribution is 2.16. The van der Waals surface area contributed by atoms with Crippen LogP contribution in [0.1, 0.15) is 10.4 Å². The van der Waals surface area contributed by atoms with Crippen molar-refractivity contribution < 1.29 is 9.53 Å². The monoisotopic (exact) mass is 305 g/mol. The molecule has 1 heterocycles. The fourth-order valence-corrected chi connectivity index (χ4v) is 2.29. The number of anilines is 1. The maximum Gasteiger partial charge on any atom is 0.323 e. The molecule has 0 saturated carbocycles. The van der Waals surface area contributed by atoms with Crippen molar-refractivity contribution in [2.24, 2.45) is 0 Å². The van der Waals surface area contributed by atoms with Crippen molar-refractivity contribution in [3.8, 4) is 5.75 Å². The van der Waals surface area contributed by atoms with Crippen LogP contribution in [0.25, 0.3) is 0 Å². The van der Waals surface area contributed by atoms with Crippen LogP contribution in [0.5, 0.6) is 5.75 Å². The number of nitrogens with one attached hydrogen (secondary N) is 1. The molecule has 0 unspecified atom stereocenters. The summed E-state index contributed by atoms with van der Waals surface area (Å²) in [5.41, 5.74) is 1.19. The zero-order valence-corrected chi connectivity index (χ0v) is 13.2. The normalized spacial score (nSPS) is 10.2. The average Bonchev–Trinajstić information content (AvgIpc) is 2.86. The summed E-state index contributed by atoms with van der Waals surface area (Å²) in [5, 5.41) is 3.37. The van der Waals surface area contributed by atoms with Gasteiger partial charge >= 0.3 is 6.03 Å². The van der Waals surface area contributed by atoms with Crippen LogP contribution in [-0.4, -0.2) is 36.1 Å². The molecule has 1 aromatic carbocycles. The maximum atomic E-state index is 11.9. The van der Waals surface area contributed by atoms with E-state index in [4.69, 9.17) is 4.74 Å². The summed E-state index contributed by atoms with van der Waals surface area (Å²) in [4.78, 5) is 18.7. The van der Waals surface area contributed by atoms with Crippen molar-refractivity contribution >= 4 is 22.5 Å². The first kappa shape index (κ1) is 15.3. The quantitative estimate of drug-likeness (QED) is 0.922. The third kappa shape index (κ3) is 4.75. The van der Waals surface area contributed by atoms with Crippen molar-refractivity contribution in [3.05, 3.63) is 40.9 Å². The minimum atomic E-state index is -0.183. The number of hydrogen-bond acceptors (Lipinski definition) is 4. The third-order valence-corrected chi connectivity index (χ3v) is 3.73. The molecule has 0 radical (unpaired) electrons. The van der Waals surface area contributed by atoms with Gasteiger partial charge in [-0.05, 0) is 26.0 Å². The minimum absolute atomic E-state index is 0.183. The van der Waals surface area contributed by atoms with E-state index in [9.17, 15) is 4.79 Å². The second-order valence-corrected chi connectivity index (χ2v) is 6.02. The van der Waals surface area contributed by atoms with Gasteiger partial charge in [-0.2, -0.15) is 0 Å². The average molecular weight is 305 g/mol. The molecule has 5 nitrogen and oxygen atoms in total. The molecule has 2 aromatic rings. The Bertz CT molecular complexity index is 595. The van der Waals surface area contributed by atoms with E-state index in [1.807, 2.05) is 38.1 Å². The summed E-state index contributed by atoms with van der Waals surface area (Å²) in [6.07, 6.45) is 1.74. The summed E-state index contributed by atoms with van der Waals surface area (Å²) >= 11 is 1.45. The van der Waals surface area contributed by atoms with E-state index in [0.717, 1.165) is 10.6 Å². The highest BCUT2D eigenvalue weighted by Gasteiger charge is 2.10. The summed E-state index contributed by atoms with van der Waals surface area (Å²) in [6.45, 7) is 4.93. The third-order valence-electron chi connectivity index (χ3n) is 2.90. The fraction of sp³-hybridized carbons (Fsp3) is 0.333. The Hall–Kier alpha value is -2.08. The van der Waals surface area contributed by atoms with Gasteiger partial charge in [0.05, 0.1) is 6.54 Å². The molecular weight excluding hydrogens is 286 g/mol. The minimum Gasteiger partial charge on any atom is -0.492 e. The fourth-order valence-electron chi connectivity index (χ4n) is 1.64. The van der Waals surface area contributed by atoms with Crippen molar-refractivity contribution in [2.75, 3.05) is 25.5 Å². The molecule has 6 heteroatoms. The second kappa shape index (κ2) is 7.08. The van der Waals surface area contributed by atoms with Crippen LogP contribution < -0.4 is 10.1 Å². The first-order valence-corrected chi connectivity index (χ1v) is 7.50. The number of urea groups is 1. The molecule has 0 aliphatic rings. The molecule has 112 valence electrons. The lowest BCUT2D eigenvalue weighted by Crippen LogP contribution is -2.34. The molecule has 1 aromatic heterocycles. The van der Waals surface area contributed by atoms with E-state index in [-0.39, 0.29) is 6.03 Å². The molecule has 0 bridgehead atoms. The van der Waals surface area contributed by atoms with Gasteiger partial charge in [-0.15, -0.1) is 11.3 Å². The highest BCUT2D eigenvalue weighted by atomic mass is 32.1. The number of thiazole rings is 1. The van der Waals surface area contributed by atoms with E-state index in [1.54, 1.807) is 18.1 Å². The number of benzene rings is 1. The van der Waals surface area contributed by atoms with Gasteiger partial charge in [0.25, 0.3) is 0 Å². The Morgan fingerprint density at radius 3 is 2.67 bits per heavy atom. The van der Waals surface area contributed by atoms with Gasteiger partial charge in [-0.25, -0.2) is 9.78 Å². The lowest BCUT2D eigenvalue weighted by Gasteiger charge is -2.17. The number of aromatic nitrogens is 1. The number of rotatable bonds is 5. The number of aryl methyl sites for hydroxylation is 2. The number of carbonyl (C=O) groups excluding carboxylic acids is 1. The van der Waals surface area contributed by atoms with Gasteiger partial charge in [0, 0.05) is 18.1 Å². The summed E-state index contributed by atoms with van der Waals surface area (Å²) in [5.74, 6) is 0.810. The van der Waals surface area contributed by atoms with Crippen molar-refractivity contribution in [1.29, 1.82) is 0 Å². The number of carbonyl (C=O) groups is 1. The predicted molar refractivity (Wildman–Crippen MR) is 85.2 cm³/mol. The van der Waals surface area contributed by atoms with Crippen LogP contribution >= 0.6 is 11.3 Å². The van der Waals surface area contributed by atoms with E-state index >= 15 is 0 Å². The Balaban J connectivity index is 1.74.